The van der Waals surface area contributed by atoms with Gasteiger partial charge in [-0.15, -0.1) is 0 Å². The molecule has 0 atom stereocenters. The molecule has 0 fully saturated rings. The standard InChI is InChI=1S/C24H29N/c1-4-5-10-17-24(2,3)22-13-8-9-14-23(22)25-21-16-15-19-11-6-7-12-20(19)18-21/h6-9,11-16,18,25H,4-5,10,17H2,1-3H3. The lowest BCUT2D eigenvalue weighted by Gasteiger charge is -2.28. The van der Waals surface area contributed by atoms with E-state index in [0.717, 1.165) is 5.69 Å². The Kier molecular flexibility index (Phi) is 5.43. The van der Waals surface area contributed by atoms with E-state index < -0.39 is 0 Å². The lowest BCUT2D eigenvalue weighted by atomic mass is 9.79. The molecule has 0 unspecified atom stereocenters. The number of hydrogen-bond acceptors (Lipinski definition) is 1. The molecule has 130 valence electrons. The molecule has 0 bridgehead atoms. The van der Waals surface area contributed by atoms with E-state index in [4.69, 9.17) is 0 Å². The van der Waals surface area contributed by atoms with E-state index in [2.05, 4.69) is 92.8 Å². The van der Waals surface area contributed by atoms with Crippen molar-refractivity contribution >= 4 is 22.1 Å². The third kappa shape index (κ3) is 4.22. The first-order valence-electron chi connectivity index (χ1n) is 9.45. The second-order valence-electron chi connectivity index (χ2n) is 7.57. The van der Waals surface area contributed by atoms with Crippen molar-refractivity contribution in [3.05, 3.63) is 72.3 Å². The van der Waals surface area contributed by atoms with E-state index in [1.165, 1.54) is 47.7 Å². The number of fused-ring (bicyclic) bond motifs is 1. The van der Waals surface area contributed by atoms with Crippen molar-refractivity contribution in [2.45, 2.75) is 51.9 Å². The van der Waals surface area contributed by atoms with Crippen LogP contribution in [0.25, 0.3) is 10.8 Å². The Morgan fingerprint density at radius 3 is 2.32 bits per heavy atom. The first kappa shape index (κ1) is 17.5. The third-order valence-electron chi connectivity index (χ3n) is 5.09. The highest BCUT2D eigenvalue weighted by atomic mass is 14.9. The van der Waals surface area contributed by atoms with Gasteiger partial charge in [-0.2, -0.15) is 0 Å². The van der Waals surface area contributed by atoms with Gasteiger partial charge in [-0.3, -0.25) is 0 Å². The Morgan fingerprint density at radius 1 is 0.800 bits per heavy atom. The minimum absolute atomic E-state index is 0.176. The van der Waals surface area contributed by atoms with Crippen LogP contribution >= 0.6 is 0 Å². The molecule has 25 heavy (non-hydrogen) atoms. The third-order valence-corrected chi connectivity index (χ3v) is 5.09. The highest BCUT2D eigenvalue weighted by molar-refractivity contribution is 5.86. The van der Waals surface area contributed by atoms with Gasteiger partial charge in [0.1, 0.15) is 0 Å². The van der Waals surface area contributed by atoms with Gasteiger partial charge in [0.2, 0.25) is 0 Å². The van der Waals surface area contributed by atoms with Crippen molar-refractivity contribution < 1.29 is 0 Å². The van der Waals surface area contributed by atoms with Crippen molar-refractivity contribution in [2.75, 3.05) is 5.32 Å². The summed E-state index contributed by atoms with van der Waals surface area (Å²) in [6.45, 7) is 7.00. The largest absolute Gasteiger partial charge is 0.355 e. The van der Waals surface area contributed by atoms with Gasteiger partial charge in [-0.05, 0) is 46.4 Å². The fourth-order valence-corrected chi connectivity index (χ4v) is 3.56. The molecule has 0 saturated heterocycles. The summed E-state index contributed by atoms with van der Waals surface area (Å²) in [5.41, 5.74) is 3.95. The van der Waals surface area contributed by atoms with Crippen LogP contribution in [0.15, 0.2) is 66.7 Å². The Bertz CT molecular complexity index is 832. The quantitative estimate of drug-likeness (QED) is 0.443. The van der Waals surface area contributed by atoms with Crippen LogP contribution in [0.4, 0.5) is 11.4 Å². The van der Waals surface area contributed by atoms with Crippen LogP contribution < -0.4 is 5.32 Å². The molecule has 0 saturated carbocycles. The molecule has 0 spiro atoms. The number of rotatable bonds is 7. The van der Waals surface area contributed by atoms with Gasteiger partial charge >= 0.3 is 0 Å². The minimum atomic E-state index is 0.176. The van der Waals surface area contributed by atoms with Crippen molar-refractivity contribution in [1.82, 2.24) is 0 Å². The molecule has 1 nitrogen and oxygen atoms in total. The second kappa shape index (κ2) is 7.74. The number of para-hydroxylation sites is 1. The van der Waals surface area contributed by atoms with Crippen LogP contribution in [0.1, 0.15) is 52.0 Å². The summed E-state index contributed by atoms with van der Waals surface area (Å²) in [5, 5.41) is 6.21. The van der Waals surface area contributed by atoms with E-state index in [9.17, 15) is 0 Å². The van der Waals surface area contributed by atoms with E-state index in [-0.39, 0.29) is 5.41 Å². The maximum Gasteiger partial charge on any atom is 0.0422 e. The van der Waals surface area contributed by atoms with Gasteiger partial charge in [0.25, 0.3) is 0 Å². The van der Waals surface area contributed by atoms with Crippen LogP contribution in [0.3, 0.4) is 0 Å². The molecular formula is C24H29N. The highest BCUT2D eigenvalue weighted by Gasteiger charge is 2.23. The predicted molar refractivity (Wildman–Crippen MR) is 111 cm³/mol. The molecule has 0 aliphatic heterocycles. The molecule has 3 aromatic rings. The molecular weight excluding hydrogens is 302 g/mol. The number of benzene rings is 3. The molecule has 3 rings (SSSR count). The highest BCUT2D eigenvalue weighted by Crippen LogP contribution is 2.36. The second-order valence-corrected chi connectivity index (χ2v) is 7.57. The average molecular weight is 332 g/mol. The normalized spacial score (nSPS) is 11.6. The van der Waals surface area contributed by atoms with Crippen LogP contribution in [0.2, 0.25) is 0 Å². The maximum absolute atomic E-state index is 3.66. The summed E-state index contributed by atoms with van der Waals surface area (Å²) in [5.74, 6) is 0. The number of hydrogen-bond donors (Lipinski definition) is 1. The summed E-state index contributed by atoms with van der Waals surface area (Å²) >= 11 is 0. The van der Waals surface area contributed by atoms with Crippen LogP contribution in [0, 0.1) is 0 Å². The molecule has 0 aliphatic carbocycles. The molecule has 0 aromatic heterocycles. The monoisotopic (exact) mass is 331 g/mol. The van der Waals surface area contributed by atoms with Crippen molar-refractivity contribution in [3.8, 4) is 0 Å². The molecule has 0 aliphatic rings. The van der Waals surface area contributed by atoms with Crippen molar-refractivity contribution in [3.63, 3.8) is 0 Å². The molecule has 0 heterocycles. The van der Waals surface area contributed by atoms with E-state index in [1.54, 1.807) is 0 Å². The van der Waals surface area contributed by atoms with Crippen molar-refractivity contribution in [2.24, 2.45) is 0 Å². The van der Waals surface area contributed by atoms with Gasteiger partial charge in [0.15, 0.2) is 0 Å². The lowest BCUT2D eigenvalue weighted by molar-refractivity contribution is 0.451. The summed E-state index contributed by atoms with van der Waals surface area (Å²) in [7, 11) is 0. The zero-order valence-corrected chi connectivity index (χ0v) is 15.7. The fourth-order valence-electron chi connectivity index (χ4n) is 3.56. The van der Waals surface area contributed by atoms with Gasteiger partial charge in [-0.25, -0.2) is 0 Å². The number of nitrogens with one attached hydrogen (secondary N) is 1. The van der Waals surface area contributed by atoms with E-state index in [1.807, 2.05) is 0 Å². The van der Waals surface area contributed by atoms with Gasteiger partial charge in [-0.1, -0.05) is 88.6 Å². The number of unbranched alkanes of at least 4 members (excludes halogenated alkanes) is 2. The Balaban J connectivity index is 1.87. The van der Waals surface area contributed by atoms with Crippen LogP contribution in [-0.4, -0.2) is 0 Å². The zero-order valence-electron chi connectivity index (χ0n) is 15.7. The maximum atomic E-state index is 3.66. The summed E-state index contributed by atoms with van der Waals surface area (Å²) in [4.78, 5) is 0. The smallest absolute Gasteiger partial charge is 0.0422 e. The first-order valence-corrected chi connectivity index (χ1v) is 9.45. The average Bonchev–Trinajstić information content (AvgIpc) is 2.62. The number of anilines is 2. The topological polar surface area (TPSA) is 12.0 Å². The molecule has 0 radical (unpaired) electrons. The van der Waals surface area contributed by atoms with Crippen LogP contribution in [-0.2, 0) is 5.41 Å². The SMILES string of the molecule is CCCCCC(C)(C)c1ccccc1Nc1ccc2ccccc2c1. The van der Waals surface area contributed by atoms with Gasteiger partial charge in [0, 0.05) is 11.4 Å². The van der Waals surface area contributed by atoms with E-state index >= 15 is 0 Å². The summed E-state index contributed by atoms with van der Waals surface area (Å²) in [6, 6.07) is 23.8. The molecule has 1 N–H and O–H groups in total. The predicted octanol–water partition coefficient (Wildman–Crippen LogP) is 7.44. The molecule has 0 amide bonds. The minimum Gasteiger partial charge on any atom is -0.355 e. The van der Waals surface area contributed by atoms with Gasteiger partial charge < -0.3 is 5.32 Å². The van der Waals surface area contributed by atoms with Crippen molar-refractivity contribution in [1.29, 1.82) is 0 Å². The van der Waals surface area contributed by atoms with Crippen LogP contribution in [0.5, 0.6) is 0 Å². The fraction of sp³-hybridized carbons (Fsp3) is 0.333. The first-order chi connectivity index (χ1) is 12.1. The lowest BCUT2D eigenvalue weighted by Crippen LogP contribution is -2.18. The Labute approximate surface area is 152 Å². The molecule has 1 heteroatoms. The summed E-state index contributed by atoms with van der Waals surface area (Å²) in [6.07, 6.45) is 5.09. The molecule has 3 aromatic carbocycles. The Hall–Kier alpha value is -2.28. The summed E-state index contributed by atoms with van der Waals surface area (Å²) < 4.78 is 0. The van der Waals surface area contributed by atoms with E-state index in [0.29, 0.717) is 0 Å². The van der Waals surface area contributed by atoms with Gasteiger partial charge in [0.05, 0.1) is 0 Å². The Morgan fingerprint density at radius 2 is 1.52 bits per heavy atom. The zero-order chi connectivity index (χ0) is 17.7.